The lowest BCUT2D eigenvalue weighted by molar-refractivity contribution is -0.141. The third-order valence-electron chi connectivity index (χ3n) is 3.39. The van der Waals surface area contributed by atoms with Crippen LogP contribution >= 0.6 is 0 Å². The summed E-state index contributed by atoms with van der Waals surface area (Å²) < 4.78 is 9.78. The van der Waals surface area contributed by atoms with Gasteiger partial charge in [0.1, 0.15) is 12.3 Å². The van der Waals surface area contributed by atoms with Gasteiger partial charge >= 0.3 is 5.97 Å². The molecule has 0 bridgehead atoms. The van der Waals surface area contributed by atoms with Crippen molar-refractivity contribution in [2.75, 3.05) is 20.8 Å². The lowest BCUT2D eigenvalue weighted by Crippen LogP contribution is -2.35. The highest BCUT2D eigenvalue weighted by Gasteiger charge is 2.19. The Morgan fingerprint density at radius 2 is 1.61 bits per heavy atom. The first-order chi connectivity index (χ1) is 11.1. The van der Waals surface area contributed by atoms with Gasteiger partial charge < -0.3 is 14.4 Å². The Morgan fingerprint density at radius 3 is 2.17 bits per heavy atom. The van der Waals surface area contributed by atoms with E-state index in [0.29, 0.717) is 17.9 Å². The first-order valence-corrected chi connectivity index (χ1v) is 7.18. The van der Waals surface area contributed by atoms with Crippen LogP contribution < -0.4 is 4.74 Å². The summed E-state index contributed by atoms with van der Waals surface area (Å²) in [7, 11) is 2.87. The number of rotatable bonds is 6. The average Bonchev–Trinajstić information content (AvgIpc) is 2.61. The summed E-state index contributed by atoms with van der Waals surface area (Å²) in [6.07, 6.45) is 0. The molecule has 2 aromatic rings. The number of nitrogens with zero attached hydrogens (tertiary/aromatic N) is 1. The highest BCUT2D eigenvalue weighted by Crippen LogP contribution is 2.15. The van der Waals surface area contributed by atoms with Crippen molar-refractivity contribution in [2.45, 2.75) is 6.54 Å². The quantitative estimate of drug-likeness (QED) is 0.769. The smallest absolute Gasteiger partial charge is 0.325 e. The zero-order valence-electron chi connectivity index (χ0n) is 13.2. The molecule has 0 aliphatic rings. The molecule has 0 saturated carbocycles. The van der Waals surface area contributed by atoms with Gasteiger partial charge in [0.2, 0.25) is 0 Å². The molecule has 5 heteroatoms. The maximum absolute atomic E-state index is 12.7. The van der Waals surface area contributed by atoms with E-state index < -0.39 is 5.97 Å². The SMILES string of the molecule is COC(=O)CN(Cc1ccccc1)C(=O)c1ccc(OC)cc1. The van der Waals surface area contributed by atoms with E-state index in [2.05, 4.69) is 4.74 Å². The number of methoxy groups -OCH3 is 2. The van der Waals surface area contributed by atoms with Crippen LogP contribution in [0.1, 0.15) is 15.9 Å². The summed E-state index contributed by atoms with van der Waals surface area (Å²) in [5.41, 5.74) is 1.43. The molecule has 0 aliphatic heterocycles. The van der Waals surface area contributed by atoms with E-state index in [0.717, 1.165) is 5.56 Å². The molecule has 120 valence electrons. The Balaban J connectivity index is 2.20. The molecule has 2 rings (SSSR count). The van der Waals surface area contributed by atoms with E-state index in [1.165, 1.54) is 12.0 Å². The number of hydrogen-bond acceptors (Lipinski definition) is 4. The molecular weight excluding hydrogens is 294 g/mol. The normalized spacial score (nSPS) is 10.0. The van der Waals surface area contributed by atoms with Crippen LogP contribution in [-0.4, -0.2) is 37.5 Å². The van der Waals surface area contributed by atoms with Gasteiger partial charge in [-0.2, -0.15) is 0 Å². The number of ether oxygens (including phenoxy) is 2. The summed E-state index contributed by atoms with van der Waals surface area (Å²) >= 11 is 0. The second-order valence-electron chi connectivity index (χ2n) is 4.95. The minimum atomic E-state index is -0.456. The van der Waals surface area contributed by atoms with Crippen molar-refractivity contribution in [3.05, 3.63) is 65.7 Å². The Bertz CT molecular complexity index is 652. The van der Waals surface area contributed by atoms with Crippen LogP contribution in [-0.2, 0) is 16.1 Å². The zero-order valence-corrected chi connectivity index (χ0v) is 13.2. The van der Waals surface area contributed by atoms with E-state index in [9.17, 15) is 9.59 Å². The van der Waals surface area contributed by atoms with Crippen LogP contribution in [0.5, 0.6) is 5.75 Å². The molecule has 0 atom stereocenters. The van der Waals surface area contributed by atoms with Crippen LogP contribution in [0.15, 0.2) is 54.6 Å². The largest absolute Gasteiger partial charge is 0.497 e. The first-order valence-electron chi connectivity index (χ1n) is 7.18. The van der Waals surface area contributed by atoms with Crippen molar-refractivity contribution in [1.82, 2.24) is 4.90 Å². The van der Waals surface area contributed by atoms with Gasteiger partial charge in [0, 0.05) is 12.1 Å². The summed E-state index contributed by atoms with van der Waals surface area (Å²) in [4.78, 5) is 25.8. The molecule has 1 amide bonds. The minimum Gasteiger partial charge on any atom is -0.497 e. The molecule has 0 aromatic heterocycles. The predicted octanol–water partition coefficient (Wildman–Crippen LogP) is 2.51. The number of carbonyl (C=O) groups excluding carboxylic acids is 2. The van der Waals surface area contributed by atoms with Crippen molar-refractivity contribution in [2.24, 2.45) is 0 Å². The summed E-state index contributed by atoms with van der Waals surface area (Å²) in [5, 5.41) is 0. The van der Waals surface area contributed by atoms with Gasteiger partial charge in [-0.25, -0.2) is 0 Å². The topological polar surface area (TPSA) is 55.8 Å². The van der Waals surface area contributed by atoms with Crippen molar-refractivity contribution < 1.29 is 19.1 Å². The number of esters is 1. The molecule has 0 aliphatic carbocycles. The Hall–Kier alpha value is -2.82. The molecule has 23 heavy (non-hydrogen) atoms. The molecule has 2 aromatic carbocycles. The van der Waals surface area contributed by atoms with E-state index in [4.69, 9.17) is 4.74 Å². The average molecular weight is 313 g/mol. The van der Waals surface area contributed by atoms with E-state index >= 15 is 0 Å². The zero-order chi connectivity index (χ0) is 16.7. The Kier molecular flexibility index (Phi) is 5.74. The number of carbonyl (C=O) groups is 2. The molecule has 0 fully saturated rings. The van der Waals surface area contributed by atoms with Gasteiger partial charge in [-0.1, -0.05) is 30.3 Å². The van der Waals surface area contributed by atoms with Gasteiger partial charge in [0.05, 0.1) is 14.2 Å². The number of hydrogen-bond donors (Lipinski definition) is 0. The fraction of sp³-hybridized carbons (Fsp3) is 0.222. The van der Waals surface area contributed by atoms with E-state index in [-0.39, 0.29) is 12.5 Å². The summed E-state index contributed by atoms with van der Waals surface area (Å²) in [6, 6.07) is 16.3. The van der Waals surface area contributed by atoms with E-state index in [1.807, 2.05) is 30.3 Å². The third kappa shape index (κ3) is 4.57. The molecular formula is C18H19NO4. The van der Waals surface area contributed by atoms with Crippen molar-refractivity contribution >= 4 is 11.9 Å². The minimum absolute atomic E-state index is 0.101. The molecule has 0 unspecified atom stereocenters. The maximum Gasteiger partial charge on any atom is 0.325 e. The Morgan fingerprint density at radius 1 is 0.957 bits per heavy atom. The van der Waals surface area contributed by atoms with E-state index in [1.54, 1.807) is 31.4 Å². The van der Waals surface area contributed by atoms with Crippen LogP contribution in [0.3, 0.4) is 0 Å². The fourth-order valence-corrected chi connectivity index (χ4v) is 2.14. The second kappa shape index (κ2) is 7.98. The summed E-state index contributed by atoms with van der Waals surface area (Å²) in [6.45, 7) is 0.233. The van der Waals surface area contributed by atoms with Crippen LogP contribution in [0.2, 0.25) is 0 Å². The lowest BCUT2D eigenvalue weighted by atomic mass is 10.1. The standard InChI is InChI=1S/C18H19NO4/c1-22-16-10-8-15(9-11-16)18(21)19(13-17(20)23-2)12-14-6-4-3-5-7-14/h3-11H,12-13H2,1-2H3. The lowest BCUT2D eigenvalue weighted by Gasteiger charge is -2.21. The van der Waals surface area contributed by atoms with Gasteiger partial charge in [0.15, 0.2) is 0 Å². The van der Waals surface area contributed by atoms with Gasteiger partial charge in [-0.3, -0.25) is 9.59 Å². The Labute approximate surface area is 135 Å². The van der Waals surface area contributed by atoms with Crippen molar-refractivity contribution in [3.8, 4) is 5.75 Å². The van der Waals surface area contributed by atoms with Crippen LogP contribution in [0.4, 0.5) is 0 Å². The molecule has 0 spiro atoms. The van der Waals surface area contributed by atoms with Crippen molar-refractivity contribution in [1.29, 1.82) is 0 Å². The molecule has 0 N–H and O–H groups in total. The first kappa shape index (κ1) is 16.5. The molecule has 5 nitrogen and oxygen atoms in total. The number of benzene rings is 2. The maximum atomic E-state index is 12.7. The molecule has 0 saturated heterocycles. The van der Waals surface area contributed by atoms with Crippen LogP contribution in [0.25, 0.3) is 0 Å². The van der Waals surface area contributed by atoms with Gasteiger partial charge in [0.25, 0.3) is 5.91 Å². The van der Waals surface area contributed by atoms with Crippen molar-refractivity contribution in [3.63, 3.8) is 0 Å². The van der Waals surface area contributed by atoms with Gasteiger partial charge in [-0.05, 0) is 29.8 Å². The number of amides is 1. The summed E-state index contributed by atoms with van der Waals surface area (Å²) in [5.74, 6) is -0.0196. The molecule has 0 heterocycles. The monoisotopic (exact) mass is 313 g/mol. The van der Waals surface area contributed by atoms with Gasteiger partial charge in [-0.15, -0.1) is 0 Å². The van der Waals surface area contributed by atoms with Crippen LogP contribution in [0, 0.1) is 0 Å². The second-order valence-corrected chi connectivity index (χ2v) is 4.95. The molecule has 0 radical (unpaired) electrons. The predicted molar refractivity (Wildman–Crippen MR) is 86.2 cm³/mol. The fourth-order valence-electron chi connectivity index (χ4n) is 2.14. The highest BCUT2D eigenvalue weighted by molar-refractivity contribution is 5.96. The third-order valence-corrected chi connectivity index (χ3v) is 3.39. The highest BCUT2D eigenvalue weighted by atomic mass is 16.5.